The number of ether oxygens (including phenoxy) is 1. The van der Waals surface area contributed by atoms with Crippen molar-refractivity contribution >= 4 is 11.6 Å². The van der Waals surface area contributed by atoms with Gasteiger partial charge in [0, 0.05) is 37.5 Å². The maximum Gasteiger partial charge on any atom is 0.243 e. The number of carbonyl (C=O) groups excluding carboxylic acids is 1. The van der Waals surface area contributed by atoms with Crippen LogP contribution in [0.4, 0.5) is 5.69 Å². The number of anilines is 1. The number of nitrogens with one attached hydrogen (secondary N) is 1. The highest BCUT2D eigenvalue weighted by Crippen LogP contribution is 2.48. The van der Waals surface area contributed by atoms with E-state index in [1.165, 1.54) is 36.9 Å². The summed E-state index contributed by atoms with van der Waals surface area (Å²) in [5.74, 6) is 2.97. The lowest BCUT2D eigenvalue weighted by Gasteiger charge is -2.19. The molecule has 1 saturated heterocycles. The number of benzene rings is 1. The van der Waals surface area contributed by atoms with Gasteiger partial charge in [-0.05, 0) is 62.0 Å². The third-order valence-corrected chi connectivity index (χ3v) is 5.66. The molecule has 2 aliphatic carbocycles. The summed E-state index contributed by atoms with van der Waals surface area (Å²) in [6, 6.07) is 8.22. The first-order chi connectivity index (χ1) is 12.2. The van der Waals surface area contributed by atoms with E-state index in [1.807, 2.05) is 18.2 Å². The number of hydrogen-bond donors (Lipinski definition) is 1. The van der Waals surface area contributed by atoms with Gasteiger partial charge >= 0.3 is 0 Å². The van der Waals surface area contributed by atoms with Crippen LogP contribution in [0, 0.1) is 17.8 Å². The van der Waals surface area contributed by atoms with E-state index in [0.717, 1.165) is 31.8 Å². The van der Waals surface area contributed by atoms with Crippen LogP contribution in [0.5, 0.6) is 5.75 Å². The number of allylic oxidation sites excluding steroid dienone is 1. The molecular formula is C21H28N2O2. The molecule has 1 aromatic rings. The fourth-order valence-corrected chi connectivity index (χ4v) is 3.89. The van der Waals surface area contributed by atoms with Gasteiger partial charge in [-0.1, -0.05) is 11.6 Å². The third-order valence-electron chi connectivity index (χ3n) is 5.66. The van der Waals surface area contributed by atoms with Crippen LogP contribution in [0.1, 0.15) is 32.1 Å². The van der Waals surface area contributed by atoms with E-state index in [1.54, 1.807) is 7.11 Å². The number of methoxy groups -OCH3 is 1. The molecule has 1 atom stereocenters. The van der Waals surface area contributed by atoms with Crippen LogP contribution < -0.4 is 15.0 Å². The predicted octanol–water partition coefficient (Wildman–Crippen LogP) is 3.38. The van der Waals surface area contributed by atoms with Crippen molar-refractivity contribution in [3.05, 3.63) is 35.9 Å². The largest absolute Gasteiger partial charge is 0.497 e. The highest BCUT2D eigenvalue weighted by Gasteiger charge is 2.36. The number of hydrogen-bond acceptors (Lipinski definition) is 3. The van der Waals surface area contributed by atoms with Crippen molar-refractivity contribution in [1.82, 2.24) is 5.32 Å². The van der Waals surface area contributed by atoms with Gasteiger partial charge in [0.15, 0.2) is 0 Å². The minimum atomic E-state index is 0.119. The van der Waals surface area contributed by atoms with Crippen LogP contribution in [0.2, 0.25) is 0 Å². The van der Waals surface area contributed by atoms with Gasteiger partial charge in [-0.15, -0.1) is 0 Å². The maximum absolute atomic E-state index is 12.3. The van der Waals surface area contributed by atoms with Gasteiger partial charge in [-0.2, -0.15) is 0 Å². The zero-order valence-corrected chi connectivity index (χ0v) is 15.0. The summed E-state index contributed by atoms with van der Waals surface area (Å²) in [7, 11) is 1.70. The second kappa shape index (κ2) is 7.11. The number of amides is 1. The fraction of sp³-hybridized carbons (Fsp3) is 0.571. The van der Waals surface area contributed by atoms with Crippen LogP contribution in [0.25, 0.3) is 0 Å². The Hall–Kier alpha value is -1.97. The Kier molecular flexibility index (Phi) is 4.69. The first-order valence-corrected chi connectivity index (χ1v) is 9.61. The Bertz CT molecular complexity index is 648. The first-order valence-electron chi connectivity index (χ1n) is 9.61. The molecule has 0 aromatic heterocycles. The zero-order chi connectivity index (χ0) is 17.2. The molecule has 25 heavy (non-hydrogen) atoms. The molecule has 1 N–H and O–H groups in total. The Balaban J connectivity index is 1.28. The van der Waals surface area contributed by atoms with Gasteiger partial charge in [0.1, 0.15) is 5.75 Å². The molecule has 134 valence electrons. The highest BCUT2D eigenvalue weighted by atomic mass is 16.5. The Morgan fingerprint density at radius 1 is 1.24 bits per heavy atom. The van der Waals surface area contributed by atoms with Crippen molar-refractivity contribution in [2.24, 2.45) is 17.8 Å². The topological polar surface area (TPSA) is 41.6 Å². The molecule has 1 heterocycles. The molecule has 3 aliphatic rings. The average Bonchev–Trinajstić information content (AvgIpc) is 3.56. The summed E-state index contributed by atoms with van der Waals surface area (Å²) >= 11 is 0. The first kappa shape index (κ1) is 16.5. The normalized spacial score (nSPS) is 22.6. The summed E-state index contributed by atoms with van der Waals surface area (Å²) in [5, 5.41) is 3.15. The quantitative estimate of drug-likeness (QED) is 0.774. The number of nitrogens with zero attached hydrogens (tertiary/aromatic N) is 1. The van der Waals surface area contributed by atoms with Crippen molar-refractivity contribution < 1.29 is 9.53 Å². The smallest absolute Gasteiger partial charge is 0.243 e. The lowest BCUT2D eigenvalue weighted by Crippen LogP contribution is -2.30. The molecule has 2 saturated carbocycles. The monoisotopic (exact) mass is 340 g/mol. The summed E-state index contributed by atoms with van der Waals surface area (Å²) in [6.45, 7) is 2.81. The molecule has 1 amide bonds. The number of carbonyl (C=O) groups is 1. The summed E-state index contributed by atoms with van der Waals surface area (Å²) in [4.78, 5) is 14.7. The summed E-state index contributed by atoms with van der Waals surface area (Å²) in [5.41, 5.74) is 2.64. The third kappa shape index (κ3) is 4.17. The van der Waals surface area contributed by atoms with E-state index in [2.05, 4.69) is 22.3 Å². The maximum atomic E-state index is 12.3. The average molecular weight is 340 g/mol. The fourth-order valence-electron chi connectivity index (χ4n) is 3.89. The molecule has 1 unspecified atom stereocenters. The van der Waals surface area contributed by atoms with E-state index in [0.29, 0.717) is 17.8 Å². The Morgan fingerprint density at radius 2 is 2.00 bits per heavy atom. The van der Waals surface area contributed by atoms with Crippen molar-refractivity contribution in [2.75, 3.05) is 31.6 Å². The van der Waals surface area contributed by atoms with Gasteiger partial charge in [0.2, 0.25) is 5.91 Å². The standard InChI is InChI=1S/C21H28N2O2/c1-25-19-4-2-3-18(11-19)23-10-9-15(14-23)13-22-21(24)12-20(16-5-6-16)17-7-8-17/h2-4,11-12,15-17H,5-10,13-14H2,1H3,(H,22,24). The Labute approximate surface area is 150 Å². The Morgan fingerprint density at radius 3 is 2.68 bits per heavy atom. The van der Waals surface area contributed by atoms with Crippen LogP contribution in [-0.2, 0) is 4.79 Å². The van der Waals surface area contributed by atoms with Gasteiger partial charge < -0.3 is 15.0 Å². The molecule has 4 nitrogen and oxygen atoms in total. The second-order valence-corrected chi connectivity index (χ2v) is 7.74. The van der Waals surface area contributed by atoms with Crippen molar-refractivity contribution in [1.29, 1.82) is 0 Å². The van der Waals surface area contributed by atoms with E-state index in [-0.39, 0.29) is 5.91 Å². The van der Waals surface area contributed by atoms with Crippen LogP contribution in [0.15, 0.2) is 35.9 Å². The van der Waals surface area contributed by atoms with E-state index >= 15 is 0 Å². The van der Waals surface area contributed by atoms with Gasteiger partial charge in [-0.3, -0.25) is 4.79 Å². The van der Waals surface area contributed by atoms with E-state index in [4.69, 9.17) is 4.74 Å². The van der Waals surface area contributed by atoms with Gasteiger partial charge in [-0.25, -0.2) is 0 Å². The van der Waals surface area contributed by atoms with Gasteiger partial charge in [0.05, 0.1) is 7.11 Å². The van der Waals surface area contributed by atoms with Crippen molar-refractivity contribution in [3.8, 4) is 5.75 Å². The van der Waals surface area contributed by atoms with E-state index < -0.39 is 0 Å². The molecule has 4 rings (SSSR count). The lowest BCUT2D eigenvalue weighted by atomic mass is 10.1. The van der Waals surface area contributed by atoms with E-state index in [9.17, 15) is 4.79 Å². The molecule has 3 fully saturated rings. The van der Waals surface area contributed by atoms with Crippen LogP contribution in [0.3, 0.4) is 0 Å². The number of rotatable bonds is 7. The zero-order valence-electron chi connectivity index (χ0n) is 15.0. The molecule has 4 heteroatoms. The lowest BCUT2D eigenvalue weighted by molar-refractivity contribution is -0.116. The molecule has 0 spiro atoms. The minimum Gasteiger partial charge on any atom is -0.497 e. The SMILES string of the molecule is COc1cccc(N2CCC(CNC(=O)C=C(C3CC3)C3CC3)C2)c1. The predicted molar refractivity (Wildman–Crippen MR) is 99.9 cm³/mol. The van der Waals surface area contributed by atoms with Crippen molar-refractivity contribution in [3.63, 3.8) is 0 Å². The molecule has 1 aromatic carbocycles. The second-order valence-electron chi connectivity index (χ2n) is 7.74. The molecular weight excluding hydrogens is 312 g/mol. The van der Waals surface area contributed by atoms with Crippen LogP contribution in [-0.4, -0.2) is 32.7 Å². The summed E-state index contributed by atoms with van der Waals surface area (Å²) < 4.78 is 5.32. The summed E-state index contributed by atoms with van der Waals surface area (Å²) in [6.07, 6.45) is 8.19. The molecule has 0 radical (unpaired) electrons. The van der Waals surface area contributed by atoms with Gasteiger partial charge in [0.25, 0.3) is 0 Å². The minimum absolute atomic E-state index is 0.119. The molecule has 1 aliphatic heterocycles. The van der Waals surface area contributed by atoms with Crippen molar-refractivity contribution in [2.45, 2.75) is 32.1 Å². The molecule has 0 bridgehead atoms. The van der Waals surface area contributed by atoms with Crippen LogP contribution >= 0.6 is 0 Å². The highest BCUT2D eigenvalue weighted by molar-refractivity contribution is 5.88.